The summed E-state index contributed by atoms with van der Waals surface area (Å²) in [5.41, 5.74) is 6.25. The van der Waals surface area contributed by atoms with Gasteiger partial charge in [-0.15, -0.1) is 0 Å². The Morgan fingerprint density at radius 3 is 3.15 bits per heavy atom. The van der Waals surface area contributed by atoms with Crippen LogP contribution in [0, 0.1) is 0 Å². The van der Waals surface area contributed by atoms with Crippen LogP contribution >= 0.6 is 0 Å². The molecule has 1 fully saturated rings. The van der Waals surface area contributed by atoms with Gasteiger partial charge in [-0.05, 0) is 24.6 Å². The van der Waals surface area contributed by atoms with Crippen molar-refractivity contribution in [1.82, 2.24) is 4.90 Å². The molecule has 1 saturated heterocycles. The van der Waals surface area contributed by atoms with Gasteiger partial charge in [0, 0.05) is 25.2 Å². The topological polar surface area (TPSA) is 64.8 Å². The second kappa shape index (κ2) is 7.26. The minimum atomic E-state index is -0.0628. The van der Waals surface area contributed by atoms with Crippen LogP contribution in [-0.2, 0) is 4.74 Å². The number of hydrogen-bond donors (Lipinski definition) is 1. The molecular formula is C15H22N2O3. The maximum absolute atomic E-state index is 12.5. The first-order valence-corrected chi connectivity index (χ1v) is 7.08. The van der Waals surface area contributed by atoms with Crippen LogP contribution in [0.2, 0.25) is 0 Å². The Kier molecular flexibility index (Phi) is 5.38. The molecule has 1 unspecified atom stereocenters. The van der Waals surface area contributed by atoms with Gasteiger partial charge in [-0.3, -0.25) is 4.79 Å². The molecule has 1 atom stereocenters. The first kappa shape index (κ1) is 14.8. The number of amides is 1. The number of nitrogens with zero attached hydrogens (tertiary/aromatic N) is 1. The van der Waals surface area contributed by atoms with E-state index in [4.69, 9.17) is 15.2 Å². The van der Waals surface area contributed by atoms with Crippen molar-refractivity contribution in [3.63, 3.8) is 0 Å². The summed E-state index contributed by atoms with van der Waals surface area (Å²) in [5.74, 6) is 0.745. The third kappa shape index (κ3) is 3.71. The van der Waals surface area contributed by atoms with Crippen LogP contribution < -0.4 is 10.5 Å². The van der Waals surface area contributed by atoms with E-state index in [1.807, 2.05) is 18.2 Å². The van der Waals surface area contributed by atoms with Crippen molar-refractivity contribution in [1.29, 1.82) is 0 Å². The van der Waals surface area contributed by atoms with E-state index in [2.05, 4.69) is 6.92 Å². The number of carbonyl (C=O) groups is 1. The standard InChI is InChI=1S/C15H22N2O3/c1-2-7-19-13-5-3-4-12(9-13)15(18)17-6-8-20-14(10-16)11-17/h3-5,9,14H,2,6-8,10-11,16H2,1H3. The molecule has 0 aliphatic carbocycles. The van der Waals surface area contributed by atoms with Gasteiger partial charge in [0.1, 0.15) is 5.75 Å². The molecular weight excluding hydrogens is 256 g/mol. The number of rotatable bonds is 5. The fourth-order valence-electron chi connectivity index (χ4n) is 2.17. The molecule has 1 heterocycles. The molecule has 2 N–H and O–H groups in total. The largest absolute Gasteiger partial charge is 0.494 e. The molecule has 110 valence electrons. The number of benzene rings is 1. The molecule has 1 amide bonds. The lowest BCUT2D eigenvalue weighted by Gasteiger charge is -2.32. The Morgan fingerprint density at radius 1 is 1.55 bits per heavy atom. The molecule has 0 radical (unpaired) electrons. The zero-order chi connectivity index (χ0) is 14.4. The van der Waals surface area contributed by atoms with E-state index in [-0.39, 0.29) is 12.0 Å². The lowest BCUT2D eigenvalue weighted by Crippen LogP contribution is -2.48. The van der Waals surface area contributed by atoms with Crippen molar-refractivity contribution in [2.45, 2.75) is 19.4 Å². The Balaban J connectivity index is 2.04. The highest BCUT2D eigenvalue weighted by Crippen LogP contribution is 2.16. The van der Waals surface area contributed by atoms with Crippen LogP contribution in [0.1, 0.15) is 23.7 Å². The highest BCUT2D eigenvalue weighted by Gasteiger charge is 2.24. The zero-order valence-corrected chi connectivity index (χ0v) is 11.9. The monoisotopic (exact) mass is 278 g/mol. The number of ether oxygens (including phenoxy) is 2. The van der Waals surface area contributed by atoms with Gasteiger partial charge in [0.15, 0.2) is 0 Å². The van der Waals surface area contributed by atoms with Crippen molar-refractivity contribution in [2.24, 2.45) is 5.73 Å². The van der Waals surface area contributed by atoms with E-state index < -0.39 is 0 Å². The average Bonchev–Trinajstić information content (AvgIpc) is 2.52. The van der Waals surface area contributed by atoms with Crippen LogP contribution in [0.4, 0.5) is 0 Å². The Morgan fingerprint density at radius 2 is 2.40 bits per heavy atom. The van der Waals surface area contributed by atoms with Gasteiger partial charge < -0.3 is 20.1 Å². The van der Waals surface area contributed by atoms with Crippen LogP contribution in [-0.4, -0.2) is 49.8 Å². The molecule has 0 saturated carbocycles. The quantitative estimate of drug-likeness (QED) is 0.881. The molecule has 2 rings (SSSR count). The highest BCUT2D eigenvalue weighted by molar-refractivity contribution is 5.94. The summed E-state index contributed by atoms with van der Waals surface area (Å²) in [6.07, 6.45) is 0.882. The summed E-state index contributed by atoms with van der Waals surface area (Å²) in [5, 5.41) is 0. The van der Waals surface area contributed by atoms with E-state index in [1.165, 1.54) is 0 Å². The summed E-state index contributed by atoms with van der Waals surface area (Å²) in [6.45, 7) is 4.84. The molecule has 0 bridgehead atoms. The number of morpholine rings is 1. The van der Waals surface area contributed by atoms with Gasteiger partial charge in [0.05, 0.1) is 19.3 Å². The van der Waals surface area contributed by atoms with Crippen molar-refractivity contribution >= 4 is 5.91 Å². The smallest absolute Gasteiger partial charge is 0.254 e. The van der Waals surface area contributed by atoms with E-state index in [9.17, 15) is 4.79 Å². The maximum atomic E-state index is 12.5. The van der Waals surface area contributed by atoms with Crippen molar-refractivity contribution in [3.8, 4) is 5.75 Å². The third-order valence-electron chi connectivity index (χ3n) is 3.24. The second-order valence-corrected chi connectivity index (χ2v) is 4.86. The Bertz CT molecular complexity index is 450. The Hall–Kier alpha value is -1.59. The lowest BCUT2D eigenvalue weighted by atomic mass is 10.1. The fraction of sp³-hybridized carbons (Fsp3) is 0.533. The summed E-state index contributed by atoms with van der Waals surface area (Å²) in [6, 6.07) is 7.33. The van der Waals surface area contributed by atoms with Crippen molar-refractivity contribution < 1.29 is 14.3 Å². The van der Waals surface area contributed by atoms with Gasteiger partial charge in [0.25, 0.3) is 5.91 Å². The predicted molar refractivity (Wildman–Crippen MR) is 76.9 cm³/mol. The van der Waals surface area contributed by atoms with Crippen LogP contribution in [0.3, 0.4) is 0 Å². The minimum Gasteiger partial charge on any atom is -0.494 e. The SMILES string of the molecule is CCCOc1cccc(C(=O)N2CCOC(CN)C2)c1. The van der Waals surface area contributed by atoms with Gasteiger partial charge in [0.2, 0.25) is 0 Å². The third-order valence-corrected chi connectivity index (χ3v) is 3.24. The van der Waals surface area contributed by atoms with Crippen LogP contribution in [0.5, 0.6) is 5.75 Å². The summed E-state index contributed by atoms with van der Waals surface area (Å²) >= 11 is 0. The lowest BCUT2D eigenvalue weighted by molar-refractivity contribution is -0.0167. The molecule has 1 aliphatic heterocycles. The van der Waals surface area contributed by atoms with E-state index in [0.717, 1.165) is 12.2 Å². The molecule has 1 aromatic carbocycles. The Labute approximate surface area is 119 Å². The number of carbonyl (C=O) groups excluding carboxylic acids is 1. The highest BCUT2D eigenvalue weighted by atomic mass is 16.5. The van der Waals surface area contributed by atoms with Gasteiger partial charge in [-0.25, -0.2) is 0 Å². The summed E-state index contributed by atoms with van der Waals surface area (Å²) in [7, 11) is 0. The van der Waals surface area contributed by atoms with Gasteiger partial charge in [-0.2, -0.15) is 0 Å². The molecule has 20 heavy (non-hydrogen) atoms. The predicted octanol–water partition coefficient (Wildman–Crippen LogP) is 1.28. The molecule has 1 aromatic rings. The minimum absolute atomic E-state index is 0.00805. The molecule has 5 heteroatoms. The molecule has 5 nitrogen and oxygen atoms in total. The molecule has 0 spiro atoms. The van der Waals surface area contributed by atoms with Gasteiger partial charge in [-0.1, -0.05) is 13.0 Å². The second-order valence-electron chi connectivity index (χ2n) is 4.86. The first-order valence-electron chi connectivity index (χ1n) is 7.08. The number of hydrogen-bond acceptors (Lipinski definition) is 4. The normalized spacial score (nSPS) is 18.9. The maximum Gasteiger partial charge on any atom is 0.254 e. The average molecular weight is 278 g/mol. The van der Waals surface area contributed by atoms with E-state index in [1.54, 1.807) is 11.0 Å². The van der Waals surface area contributed by atoms with E-state index in [0.29, 0.717) is 38.4 Å². The first-order chi connectivity index (χ1) is 9.74. The van der Waals surface area contributed by atoms with E-state index >= 15 is 0 Å². The summed E-state index contributed by atoms with van der Waals surface area (Å²) < 4.78 is 11.0. The van der Waals surface area contributed by atoms with Gasteiger partial charge >= 0.3 is 0 Å². The van der Waals surface area contributed by atoms with Crippen molar-refractivity contribution in [2.75, 3.05) is 32.8 Å². The molecule has 1 aliphatic rings. The number of nitrogens with two attached hydrogens (primary N) is 1. The summed E-state index contributed by atoms with van der Waals surface area (Å²) in [4.78, 5) is 14.3. The van der Waals surface area contributed by atoms with Crippen LogP contribution in [0.25, 0.3) is 0 Å². The molecule has 0 aromatic heterocycles. The zero-order valence-electron chi connectivity index (χ0n) is 11.9. The fourth-order valence-corrected chi connectivity index (χ4v) is 2.17. The van der Waals surface area contributed by atoms with Crippen molar-refractivity contribution in [3.05, 3.63) is 29.8 Å². The van der Waals surface area contributed by atoms with Crippen LogP contribution in [0.15, 0.2) is 24.3 Å².